The molecular formula is C16H23FO2. The van der Waals surface area contributed by atoms with E-state index in [9.17, 15) is 9.50 Å². The fraction of sp³-hybridized carbons (Fsp3) is 0.625. The topological polar surface area (TPSA) is 29.5 Å². The van der Waals surface area contributed by atoms with Crippen LogP contribution in [0.5, 0.6) is 5.75 Å². The van der Waals surface area contributed by atoms with Crippen molar-refractivity contribution >= 4 is 0 Å². The second-order valence-electron chi connectivity index (χ2n) is 5.87. The van der Waals surface area contributed by atoms with Crippen molar-refractivity contribution in [3.05, 3.63) is 29.6 Å². The first-order valence-electron chi connectivity index (χ1n) is 7.11. The molecule has 19 heavy (non-hydrogen) atoms. The van der Waals surface area contributed by atoms with Gasteiger partial charge in [-0.05, 0) is 50.2 Å². The van der Waals surface area contributed by atoms with Crippen molar-refractivity contribution in [1.82, 2.24) is 0 Å². The number of hydrogen-bond acceptors (Lipinski definition) is 2. The van der Waals surface area contributed by atoms with E-state index in [1.165, 1.54) is 12.1 Å². The summed E-state index contributed by atoms with van der Waals surface area (Å²) in [4.78, 5) is 0. The van der Waals surface area contributed by atoms with E-state index in [0.717, 1.165) is 25.2 Å². The Bertz CT molecular complexity index is 431. The summed E-state index contributed by atoms with van der Waals surface area (Å²) in [5.41, 5.74) is 0.660. The molecule has 1 fully saturated rings. The molecule has 1 aliphatic carbocycles. The number of aliphatic hydroxyl groups is 1. The molecule has 1 saturated carbocycles. The molecule has 0 heterocycles. The molecular weight excluding hydrogens is 243 g/mol. The van der Waals surface area contributed by atoms with Crippen molar-refractivity contribution in [3.63, 3.8) is 0 Å². The van der Waals surface area contributed by atoms with Gasteiger partial charge in [0.2, 0.25) is 0 Å². The normalized spacial score (nSPS) is 29.0. The number of aliphatic hydroxyl groups excluding tert-OH is 1. The lowest BCUT2D eigenvalue weighted by Crippen LogP contribution is -2.29. The third-order valence-corrected chi connectivity index (χ3v) is 4.27. The third-order valence-electron chi connectivity index (χ3n) is 4.27. The van der Waals surface area contributed by atoms with Crippen LogP contribution in [-0.4, -0.2) is 11.2 Å². The molecule has 0 aliphatic heterocycles. The second-order valence-corrected chi connectivity index (χ2v) is 5.87. The van der Waals surface area contributed by atoms with Crippen LogP contribution in [0.1, 0.15) is 51.7 Å². The summed E-state index contributed by atoms with van der Waals surface area (Å²) in [5, 5.41) is 9.72. The van der Waals surface area contributed by atoms with Crippen LogP contribution < -0.4 is 4.74 Å². The Morgan fingerprint density at radius 2 is 2.00 bits per heavy atom. The fourth-order valence-corrected chi connectivity index (χ4v) is 2.74. The van der Waals surface area contributed by atoms with E-state index in [-0.39, 0.29) is 11.9 Å². The van der Waals surface area contributed by atoms with Gasteiger partial charge in [0.1, 0.15) is 11.6 Å². The molecule has 3 heteroatoms. The van der Waals surface area contributed by atoms with Gasteiger partial charge in [-0.1, -0.05) is 13.8 Å². The Hall–Kier alpha value is -1.09. The van der Waals surface area contributed by atoms with Crippen molar-refractivity contribution in [2.75, 3.05) is 0 Å². The maximum atomic E-state index is 13.3. The molecule has 0 aromatic heterocycles. The summed E-state index contributed by atoms with van der Waals surface area (Å²) in [7, 11) is 0. The molecule has 1 N–H and O–H groups in total. The largest absolute Gasteiger partial charge is 0.490 e. The van der Waals surface area contributed by atoms with Gasteiger partial charge in [0.05, 0.1) is 12.2 Å². The minimum atomic E-state index is -0.643. The average molecular weight is 266 g/mol. The van der Waals surface area contributed by atoms with E-state index in [4.69, 9.17) is 4.74 Å². The van der Waals surface area contributed by atoms with Gasteiger partial charge >= 0.3 is 0 Å². The molecule has 1 aromatic carbocycles. The zero-order chi connectivity index (χ0) is 14.0. The highest BCUT2D eigenvalue weighted by atomic mass is 19.1. The highest BCUT2D eigenvalue weighted by Crippen LogP contribution is 2.34. The van der Waals surface area contributed by atoms with E-state index in [1.54, 1.807) is 13.0 Å². The van der Waals surface area contributed by atoms with Crippen molar-refractivity contribution in [2.45, 2.75) is 52.2 Å². The van der Waals surface area contributed by atoms with Gasteiger partial charge < -0.3 is 9.84 Å². The van der Waals surface area contributed by atoms with Crippen LogP contribution in [0.4, 0.5) is 4.39 Å². The van der Waals surface area contributed by atoms with Crippen molar-refractivity contribution in [1.29, 1.82) is 0 Å². The van der Waals surface area contributed by atoms with Crippen LogP contribution in [0.25, 0.3) is 0 Å². The van der Waals surface area contributed by atoms with Gasteiger partial charge in [-0.25, -0.2) is 4.39 Å². The lowest BCUT2D eigenvalue weighted by molar-refractivity contribution is 0.0954. The lowest BCUT2D eigenvalue weighted by Gasteiger charge is -2.32. The summed E-state index contributed by atoms with van der Waals surface area (Å²) in [6, 6.07) is 4.34. The molecule has 0 amide bonds. The molecule has 0 bridgehead atoms. The monoisotopic (exact) mass is 266 g/mol. The van der Waals surface area contributed by atoms with E-state index in [1.807, 2.05) is 0 Å². The van der Waals surface area contributed by atoms with Gasteiger partial charge in [0, 0.05) is 11.6 Å². The molecule has 2 rings (SSSR count). The number of ether oxygens (including phenoxy) is 1. The Morgan fingerprint density at radius 1 is 1.26 bits per heavy atom. The van der Waals surface area contributed by atoms with Crippen molar-refractivity contribution in [3.8, 4) is 5.75 Å². The van der Waals surface area contributed by atoms with Crippen molar-refractivity contribution in [2.24, 2.45) is 11.8 Å². The summed E-state index contributed by atoms with van der Waals surface area (Å²) >= 11 is 0. The molecule has 4 unspecified atom stereocenters. The number of benzene rings is 1. The predicted octanol–water partition coefficient (Wildman–Crippen LogP) is 4.08. The number of halogens is 1. The first kappa shape index (κ1) is 14.3. The van der Waals surface area contributed by atoms with Gasteiger partial charge in [0.25, 0.3) is 0 Å². The van der Waals surface area contributed by atoms with Crippen LogP contribution in [-0.2, 0) is 0 Å². The smallest absolute Gasteiger partial charge is 0.128 e. The van der Waals surface area contributed by atoms with Crippen LogP contribution >= 0.6 is 0 Å². The van der Waals surface area contributed by atoms with Crippen molar-refractivity contribution < 1.29 is 14.2 Å². The Balaban J connectivity index is 2.12. The van der Waals surface area contributed by atoms with Gasteiger partial charge in [-0.2, -0.15) is 0 Å². The minimum Gasteiger partial charge on any atom is -0.490 e. The molecule has 1 aromatic rings. The highest BCUT2D eigenvalue weighted by Gasteiger charge is 2.26. The van der Waals surface area contributed by atoms with Crippen LogP contribution in [0, 0.1) is 17.7 Å². The van der Waals surface area contributed by atoms with Gasteiger partial charge in [-0.15, -0.1) is 0 Å². The SMILES string of the molecule is CC(O)c1ccc(F)cc1OC1CCC(C)C(C)C1. The summed E-state index contributed by atoms with van der Waals surface area (Å²) in [6.45, 7) is 6.18. The predicted molar refractivity (Wildman–Crippen MR) is 73.6 cm³/mol. The molecule has 0 radical (unpaired) electrons. The average Bonchev–Trinajstić information content (AvgIpc) is 2.33. The first-order valence-corrected chi connectivity index (χ1v) is 7.11. The fourth-order valence-electron chi connectivity index (χ4n) is 2.74. The third kappa shape index (κ3) is 3.47. The van der Waals surface area contributed by atoms with Gasteiger partial charge in [-0.3, -0.25) is 0 Å². The first-order chi connectivity index (χ1) is 8.97. The summed E-state index contributed by atoms with van der Waals surface area (Å²) < 4.78 is 19.3. The highest BCUT2D eigenvalue weighted by molar-refractivity contribution is 5.35. The molecule has 0 saturated heterocycles. The molecule has 1 aliphatic rings. The van der Waals surface area contributed by atoms with Crippen LogP contribution in [0.15, 0.2) is 18.2 Å². The van der Waals surface area contributed by atoms with Crippen LogP contribution in [0.2, 0.25) is 0 Å². The Labute approximate surface area is 114 Å². The molecule has 0 spiro atoms. The quantitative estimate of drug-likeness (QED) is 0.893. The second kappa shape index (κ2) is 5.91. The minimum absolute atomic E-state index is 0.130. The Morgan fingerprint density at radius 3 is 2.63 bits per heavy atom. The standard InChI is InChI=1S/C16H23FO2/c1-10-4-6-14(8-11(10)2)19-16-9-13(17)5-7-15(16)12(3)18/h5,7,9-12,14,18H,4,6,8H2,1-3H3. The van der Waals surface area contributed by atoms with Gasteiger partial charge in [0.15, 0.2) is 0 Å². The molecule has 106 valence electrons. The van der Waals surface area contributed by atoms with E-state index in [2.05, 4.69) is 13.8 Å². The Kier molecular flexibility index (Phi) is 4.46. The van der Waals surface area contributed by atoms with Crippen LogP contribution in [0.3, 0.4) is 0 Å². The summed E-state index contributed by atoms with van der Waals surface area (Å²) in [5.74, 6) is 1.52. The lowest BCUT2D eigenvalue weighted by atomic mass is 9.80. The molecule has 2 nitrogen and oxygen atoms in total. The zero-order valence-corrected chi connectivity index (χ0v) is 11.9. The molecule has 4 atom stereocenters. The maximum absolute atomic E-state index is 13.3. The number of hydrogen-bond donors (Lipinski definition) is 1. The maximum Gasteiger partial charge on any atom is 0.128 e. The number of rotatable bonds is 3. The zero-order valence-electron chi connectivity index (χ0n) is 11.9. The summed E-state index contributed by atoms with van der Waals surface area (Å²) in [6.07, 6.45) is 2.63. The van der Waals surface area contributed by atoms with E-state index < -0.39 is 6.10 Å². The van der Waals surface area contributed by atoms with E-state index >= 15 is 0 Å². The van der Waals surface area contributed by atoms with E-state index in [0.29, 0.717) is 17.2 Å².